The minimum atomic E-state index is -0.411. The third-order valence-corrected chi connectivity index (χ3v) is 5.19. The fourth-order valence-corrected chi connectivity index (χ4v) is 3.75. The van der Waals surface area contributed by atoms with Gasteiger partial charge < -0.3 is 9.84 Å². The van der Waals surface area contributed by atoms with Crippen LogP contribution in [0.25, 0.3) is 0 Å². The molecule has 110 valence electrons. The lowest BCUT2D eigenvalue weighted by Crippen LogP contribution is -2.36. The summed E-state index contributed by atoms with van der Waals surface area (Å²) in [4.78, 5) is 0. The second-order valence-electron chi connectivity index (χ2n) is 6.77. The summed E-state index contributed by atoms with van der Waals surface area (Å²) in [6, 6.07) is 8.24. The Hall–Kier alpha value is -1.02. The van der Waals surface area contributed by atoms with E-state index in [9.17, 15) is 5.11 Å². The van der Waals surface area contributed by atoms with Crippen molar-refractivity contribution in [3.05, 3.63) is 29.8 Å². The number of ether oxygens (including phenoxy) is 1. The second-order valence-corrected chi connectivity index (χ2v) is 6.77. The van der Waals surface area contributed by atoms with Crippen LogP contribution in [-0.4, -0.2) is 17.8 Å². The lowest BCUT2D eigenvalue weighted by atomic mass is 9.73. The average Bonchev–Trinajstić information content (AvgIpc) is 3.30. The lowest BCUT2D eigenvalue weighted by Gasteiger charge is -2.37. The van der Waals surface area contributed by atoms with E-state index in [0.717, 1.165) is 43.3 Å². The monoisotopic (exact) mass is 274 g/mol. The summed E-state index contributed by atoms with van der Waals surface area (Å²) in [7, 11) is 1.69. The molecular formula is C18H26O2. The number of hydrogen-bond acceptors (Lipinski definition) is 2. The van der Waals surface area contributed by atoms with Gasteiger partial charge in [0.15, 0.2) is 0 Å². The van der Waals surface area contributed by atoms with Crippen LogP contribution in [0.2, 0.25) is 0 Å². The quantitative estimate of drug-likeness (QED) is 0.880. The fraction of sp³-hybridized carbons (Fsp3) is 0.667. The standard InChI is InChI=1S/C18H26O2/c1-20-17-8-4-14(5-9-17)10-12-18(19)11-2-3-16(13-18)15-6-7-15/h4-5,8-9,15-16,19H,2-3,6-7,10-13H2,1H3. The largest absolute Gasteiger partial charge is 0.497 e. The zero-order valence-corrected chi connectivity index (χ0v) is 12.5. The van der Waals surface area contributed by atoms with Gasteiger partial charge in [0.2, 0.25) is 0 Å². The number of rotatable bonds is 5. The maximum absolute atomic E-state index is 10.9. The Morgan fingerprint density at radius 3 is 2.55 bits per heavy atom. The molecule has 2 heteroatoms. The molecule has 20 heavy (non-hydrogen) atoms. The van der Waals surface area contributed by atoms with Gasteiger partial charge >= 0.3 is 0 Å². The van der Waals surface area contributed by atoms with E-state index in [0.29, 0.717) is 0 Å². The molecule has 2 fully saturated rings. The van der Waals surface area contributed by atoms with E-state index in [1.165, 1.54) is 31.2 Å². The van der Waals surface area contributed by atoms with E-state index >= 15 is 0 Å². The maximum atomic E-state index is 10.9. The van der Waals surface area contributed by atoms with E-state index in [1.54, 1.807) is 7.11 Å². The van der Waals surface area contributed by atoms with Crippen LogP contribution in [0.5, 0.6) is 5.75 Å². The normalized spacial score (nSPS) is 30.2. The van der Waals surface area contributed by atoms with Crippen LogP contribution in [0.3, 0.4) is 0 Å². The van der Waals surface area contributed by atoms with Crippen LogP contribution in [0.15, 0.2) is 24.3 Å². The zero-order valence-electron chi connectivity index (χ0n) is 12.5. The number of hydrogen-bond donors (Lipinski definition) is 1. The number of benzene rings is 1. The molecule has 0 aliphatic heterocycles. The minimum Gasteiger partial charge on any atom is -0.497 e. The Morgan fingerprint density at radius 1 is 1.15 bits per heavy atom. The molecule has 2 aliphatic carbocycles. The Labute approximate surface area is 122 Å². The van der Waals surface area contributed by atoms with Gasteiger partial charge in [0.05, 0.1) is 12.7 Å². The Morgan fingerprint density at radius 2 is 1.90 bits per heavy atom. The molecule has 2 saturated carbocycles. The van der Waals surface area contributed by atoms with E-state index in [4.69, 9.17) is 4.74 Å². The van der Waals surface area contributed by atoms with Crippen molar-refractivity contribution in [2.75, 3.05) is 7.11 Å². The summed E-state index contributed by atoms with van der Waals surface area (Å²) in [5.74, 6) is 2.63. The second kappa shape index (κ2) is 5.77. The van der Waals surface area contributed by atoms with Crippen molar-refractivity contribution in [3.63, 3.8) is 0 Å². The molecule has 2 atom stereocenters. The molecule has 1 aromatic rings. The first-order chi connectivity index (χ1) is 9.68. The van der Waals surface area contributed by atoms with Crippen molar-refractivity contribution in [2.24, 2.45) is 11.8 Å². The summed E-state index contributed by atoms with van der Waals surface area (Å²) in [5, 5.41) is 10.9. The van der Waals surface area contributed by atoms with Gasteiger partial charge in [-0.25, -0.2) is 0 Å². The molecule has 2 aliphatic rings. The first kappa shape index (κ1) is 13.9. The third kappa shape index (κ3) is 3.35. The van der Waals surface area contributed by atoms with Gasteiger partial charge in [0.25, 0.3) is 0 Å². The summed E-state index contributed by atoms with van der Waals surface area (Å²) < 4.78 is 5.18. The molecule has 0 spiro atoms. The molecule has 1 aromatic carbocycles. The van der Waals surface area contributed by atoms with Gasteiger partial charge in [0.1, 0.15) is 5.75 Å². The summed E-state index contributed by atoms with van der Waals surface area (Å²) in [6.07, 6.45) is 9.26. The van der Waals surface area contributed by atoms with Crippen molar-refractivity contribution in [1.82, 2.24) is 0 Å². The topological polar surface area (TPSA) is 29.5 Å². The first-order valence-corrected chi connectivity index (χ1v) is 8.04. The van der Waals surface area contributed by atoms with Crippen molar-refractivity contribution in [1.29, 1.82) is 0 Å². The predicted molar refractivity (Wildman–Crippen MR) is 80.9 cm³/mol. The first-order valence-electron chi connectivity index (χ1n) is 8.04. The van der Waals surface area contributed by atoms with Crippen LogP contribution in [-0.2, 0) is 6.42 Å². The van der Waals surface area contributed by atoms with Gasteiger partial charge in [-0.05, 0) is 74.5 Å². The lowest BCUT2D eigenvalue weighted by molar-refractivity contribution is -0.0266. The highest BCUT2D eigenvalue weighted by atomic mass is 16.5. The fourth-order valence-electron chi connectivity index (χ4n) is 3.75. The average molecular weight is 274 g/mol. The zero-order chi connectivity index (χ0) is 14.0. The molecule has 3 rings (SSSR count). The molecule has 1 N–H and O–H groups in total. The highest BCUT2D eigenvalue weighted by Gasteiger charge is 2.40. The molecule has 2 nitrogen and oxygen atoms in total. The van der Waals surface area contributed by atoms with Crippen molar-refractivity contribution in [3.8, 4) is 5.75 Å². The molecule has 0 amide bonds. The van der Waals surface area contributed by atoms with Gasteiger partial charge in [-0.1, -0.05) is 18.6 Å². The van der Waals surface area contributed by atoms with E-state index in [-0.39, 0.29) is 0 Å². The van der Waals surface area contributed by atoms with Crippen molar-refractivity contribution >= 4 is 0 Å². The summed E-state index contributed by atoms with van der Waals surface area (Å²) in [5.41, 5.74) is 0.888. The van der Waals surface area contributed by atoms with Gasteiger partial charge in [-0.15, -0.1) is 0 Å². The van der Waals surface area contributed by atoms with Gasteiger partial charge in [-0.3, -0.25) is 0 Å². The van der Waals surface area contributed by atoms with Crippen LogP contribution in [0, 0.1) is 11.8 Å². The molecule has 0 radical (unpaired) electrons. The van der Waals surface area contributed by atoms with Crippen LogP contribution in [0.4, 0.5) is 0 Å². The summed E-state index contributed by atoms with van der Waals surface area (Å²) in [6.45, 7) is 0. The Bertz CT molecular complexity index is 435. The number of aryl methyl sites for hydroxylation is 1. The van der Waals surface area contributed by atoms with E-state index in [1.807, 2.05) is 12.1 Å². The molecule has 0 heterocycles. The molecule has 0 aromatic heterocycles. The highest BCUT2D eigenvalue weighted by Crippen LogP contribution is 2.47. The molecule has 0 bridgehead atoms. The van der Waals surface area contributed by atoms with Gasteiger partial charge in [0, 0.05) is 0 Å². The SMILES string of the molecule is COc1ccc(CCC2(O)CCCC(C3CC3)C2)cc1. The minimum absolute atomic E-state index is 0.411. The summed E-state index contributed by atoms with van der Waals surface area (Å²) >= 11 is 0. The highest BCUT2D eigenvalue weighted by molar-refractivity contribution is 5.27. The van der Waals surface area contributed by atoms with E-state index < -0.39 is 5.60 Å². The third-order valence-electron chi connectivity index (χ3n) is 5.19. The Kier molecular flexibility index (Phi) is 4.02. The van der Waals surface area contributed by atoms with Crippen molar-refractivity contribution in [2.45, 2.75) is 57.0 Å². The molecule has 2 unspecified atom stereocenters. The van der Waals surface area contributed by atoms with Crippen LogP contribution >= 0.6 is 0 Å². The van der Waals surface area contributed by atoms with Crippen LogP contribution in [0.1, 0.15) is 50.5 Å². The number of methoxy groups -OCH3 is 1. The smallest absolute Gasteiger partial charge is 0.118 e. The molecular weight excluding hydrogens is 248 g/mol. The Balaban J connectivity index is 1.55. The maximum Gasteiger partial charge on any atom is 0.118 e. The van der Waals surface area contributed by atoms with Crippen LogP contribution < -0.4 is 4.74 Å². The molecule has 0 saturated heterocycles. The van der Waals surface area contributed by atoms with Gasteiger partial charge in [-0.2, -0.15) is 0 Å². The van der Waals surface area contributed by atoms with E-state index in [2.05, 4.69) is 12.1 Å². The predicted octanol–water partition coefficient (Wildman–Crippen LogP) is 3.96. The number of aliphatic hydroxyl groups is 1. The van der Waals surface area contributed by atoms with Crippen molar-refractivity contribution < 1.29 is 9.84 Å².